The molecule has 0 aliphatic heterocycles. The van der Waals surface area contributed by atoms with Crippen molar-refractivity contribution in [1.82, 2.24) is 0 Å². The molecule has 1 N–H and O–H groups in total. The number of carboxylic acid groups (broad SMARTS) is 1. The fraction of sp³-hybridized carbons (Fsp3) is 0.704. The Morgan fingerprint density at radius 2 is 1.31 bits per heavy atom. The first-order chi connectivity index (χ1) is 15.6. The predicted molar refractivity (Wildman–Crippen MR) is 129 cm³/mol. The number of carbonyl (C=O) groups excluding carboxylic acids is 1. The van der Waals surface area contributed by atoms with Crippen LogP contribution in [-0.4, -0.2) is 29.8 Å². The SMILES string of the molecule is CC(=O)OC(CCCCCCCCCCCOCc1ccccc1)CCCCCC(=O)O. The van der Waals surface area contributed by atoms with Gasteiger partial charge < -0.3 is 14.6 Å². The quantitative estimate of drug-likeness (QED) is 0.161. The zero-order valence-electron chi connectivity index (χ0n) is 20.1. The van der Waals surface area contributed by atoms with Crippen LogP contribution in [0.2, 0.25) is 0 Å². The molecule has 0 aliphatic carbocycles. The summed E-state index contributed by atoms with van der Waals surface area (Å²) in [6.45, 7) is 3.02. The van der Waals surface area contributed by atoms with Crippen molar-refractivity contribution >= 4 is 11.9 Å². The highest BCUT2D eigenvalue weighted by Crippen LogP contribution is 2.17. The minimum atomic E-state index is -0.741. The third-order valence-corrected chi connectivity index (χ3v) is 5.68. The van der Waals surface area contributed by atoms with Gasteiger partial charge in [-0.15, -0.1) is 0 Å². The molecule has 1 rings (SSSR count). The number of esters is 1. The van der Waals surface area contributed by atoms with E-state index in [1.54, 1.807) is 0 Å². The fourth-order valence-electron chi connectivity index (χ4n) is 3.90. The maximum atomic E-state index is 11.3. The molecule has 0 aromatic heterocycles. The van der Waals surface area contributed by atoms with E-state index in [0.29, 0.717) is 13.0 Å². The Morgan fingerprint density at radius 3 is 1.88 bits per heavy atom. The molecular weight excluding hydrogens is 404 g/mol. The zero-order chi connectivity index (χ0) is 23.3. The molecule has 32 heavy (non-hydrogen) atoms. The summed E-state index contributed by atoms with van der Waals surface area (Å²) in [5, 5.41) is 8.68. The summed E-state index contributed by atoms with van der Waals surface area (Å²) in [6.07, 6.45) is 15.5. The monoisotopic (exact) mass is 448 g/mol. The Balaban J connectivity index is 1.90. The van der Waals surface area contributed by atoms with Crippen molar-refractivity contribution in [2.24, 2.45) is 0 Å². The van der Waals surface area contributed by atoms with Gasteiger partial charge in [-0.3, -0.25) is 9.59 Å². The van der Waals surface area contributed by atoms with Gasteiger partial charge in [0.05, 0.1) is 6.61 Å². The summed E-state index contributed by atoms with van der Waals surface area (Å²) in [5.41, 5.74) is 1.24. The van der Waals surface area contributed by atoms with Crippen LogP contribution in [0, 0.1) is 0 Å². The number of ether oxygens (including phenoxy) is 2. The van der Waals surface area contributed by atoms with Crippen LogP contribution in [0.1, 0.15) is 109 Å². The van der Waals surface area contributed by atoms with Crippen LogP contribution in [0.4, 0.5) is 0 Å². The molecule has 0 amide bonds. The number of carbonyl (C=O) groups is 2. The zero-order valence-corrected chi connectivity index (χ0v) is 20.1. The molecule has 0 aliphatic rings. The molecule has 1 aromatic carbocycles. The van der Waals surface area contributed by atoms with Gasteiger partial charge in [-0.05, 0) is 44.1 Å². The van der Waals surface area contributed by atoms with Gasteiger partial charge in [-0.2, -0.15) is 0 Å². The maximum absolute atomic E-state index is 11.3. The van der Waals surface area contributed by atoms with Crippen molar-refractivity contribution in [2.75, 3.05) is 6.61 Å². The average Bonchev–Trinajstić information content (AvgIpc) is 2.76. The summed E-state index contributed by atoms with van der Waals surface area (Å²) in [7, 11) is 0. The number of hydrogen-bond acceptors (Lipinski definition) is 4. The van der Waals surface area contributed by atoms with Gasteiger partial charge in [0.1, 0.15) is 6.10 Å². The minimum absolute atomic E-state index is 0.0126. The first kappa shape index (κ1) is 28.2. The minimum Gasteiger partial charge on any atom is -0.481 e. The second kappa shape index (κ2) is 19.8. The number of benzene rings is 1. The predicted octanol–water partition coefficient (Wildman–Crippen LogP) is 7.07. The average molecular weight is 449 g/mol. The second-order valence-corrected chi connectivity index (χ2v) is 8.73. The summed E-state index contributed by atoms with van der Waals surface area (Å²) in [4.78, 5) is 21.9. The molecule has 0 saturated heterocycles. The summed E-state index contributed by atoms with van der Waals surface area (Å²) < 4.78 is 11.2. The molecule has 0 radical (unpaired) electrons. The van der Waals surface area contributed by atoms with Crippen LogP contribution in [0.5, 0.6) is 0 Å². The number of aliphatic carboxylic acids is 1. The van der Waals surface area contributed by atoms with Crippen molar-refractivity contribution in [3.63, 3.8) is 0 Å². The molecule has 5 heteroatoms. The molecule has 1 aromatic rings. The van der Waals surface area contributed by atoms with Crippen molar-refractivity contribution < 1.29 is 24.2 Å². The molecule has 0 spiro atoms. The third-order valence-electron chi connectivity index (χ3n) is 5.68. The Hall–Kier alpha value is -1.88. The van der Waals surface area contributed by atoms with E-state index in [2.05, 4.69) is 12.1 Å². The van der Waals surface area contributed by atoms with Crippen molar-refractivity contribution in [1.29, 1.82) is 0 Å². The lowest BCUT2D eigenvalue weighted by atomic mass is 10.0. The first-order valence-electron chi connectivity index (χ1n) is 12.6. The van der Waals surface area contributed by atoms with Gasteiger partial charge >= 0.3 is 11.9 Å². The Morgan fingerprint density at radius 1 is 0.781 bits per heavy atom. The van der Waals surface area contributed by atoms with Gasteiger partial charge in [-0.25, -0.2) is 0 Å². The normalized spacial score (nSPS) is 11.9. The van der Waals surface area contributed by atoms with Gasteiger partial charge in [0, 0.05) is 20.0 Å². The standard InChI is InChI=1S/C27H44O5/c1-24(28)32-26(20-14-10-15-21-27(29)30)19-13-7-5-3-2-4-6-8-16-22-31-23-25-17-11-9-12-18-25/h9,11-12,17-18,26H,2-8,10,13-16,19-23H2,1H3,(H,29,30). The van der Waals surface area contributed by atoms with Crippen molar-refractivity contribution in [3.05, 3.63) is 35.9 Å². The fourth-order valence-corrected chi connectivity index (χ4v) is 3.90. The smallest absolute Gasteiger partial charge is 0.303 e. The lowest BCUT2D eigenvalue weighted by Crippen LogP contribution is -2.16. The third kappa shape index (κ3) is 17.8. The highest BCUT2D eigenvalue weighted by molar-refractivity contribution is 5.66. The van der Waals surface area contributed by atoms with Gasteiger partial charge in [0.25, 0.3) is 0 Å². The number of carboxylic acids is 1. The topological polar surface area (TPSA) is 72.8 Å². The Labute approximate surface area is 194 Å². The van der Waals surface area contributed by atoms with Crippen LogP contribution in [-0.2, 0) is 25.7 Å². The molecule has 182 valence electrons. The van der Waals surface area contributed by atoms with Crippen LogP contribution < -0.4 is 0 Å². The number of hydrogen-bond donors (Lipinski definition) is 1. The van der Waals surface area contributed by atoms with Gasteiger partial charge in [0.2, 0.25) is 0 Å². The van der Waals surface area contributed by atoms with Crippen LogP contribution in [0.3, 0.4) is 0 Å². The van der Waals surface area contributed by atoms with E-state index in [1.165, 1.54) is 57.4 Å². The molecule has 0 fully saturated rings. The molecule has 1 atom stereocenters. The highest BCUT2D eigenvalue weighted by atomic mass is 16.5. The Bertz CT molecular complexity index is 587. The summed E-state index contributed by atoms with van der Waals surface area (Å²) >= 11 is 0. The molecule has 0 bridgehead atoms. The molecule has 0 saturated carbocycles. The van der Waals surface area contributed by atoms with E-state index in [1.807, 2.05) is 18.2 Å². The van der Waals surface area contributed by atoms with Crippen molar-refractivity contribution in [3.8, 4) is 0 Å². The summed E-state index contributed by atoms with van der Waals surface area (Å²) in [5.74, 6) is -0.958. The first-order valence-corrected chi connectivity index (χ1v) is 12.6. The van der Waals surface area contributed by atoms with Gasteiger partial charge in [0.15, 0.2) is 0 Å². The molecule has 1 unspecified atom stereocenters. The van der Waals surface area contributed by atoms with E-state index in [4.69, 9.17) is 14.6 Å². The number of rotatable bonds is 21. The Kier molecular flexibility index (Phi) is 17.4. The lowest BCUT2D eigenvalue weighted by Gasteiger charge is -2.17. The van der Waals surface area contributed by atoms with Crippen LogP contribution in [0.25, 0.3) is 0 Å². The van der Waals surface area contributed by atoms with Crippen molar-refractivity contribution in [2.45, 2.75) is 116 Å². The van der Waals surface area contributed by atoms with Crippen LogP contribution >= 0.6 is 0 Å². The van der Waals surface area contributed by atoms with E-state index < -0.39 is 5.97 Å². The largest absolute Gasteiger partial charge is 0.481 e. The molecular formula is C27H44O5. The molecule has 5 nitrogen and oxygen atoms in total. The van der Waals surface area contributed by atoms with Crippen LogP contribution in [0.15, 0.2) is 30.3 Å². The van der Waals surface area contributed by atoms with E-state index in [-0.39, 0.29) is 18.5 Å². The summed E-state index contributed by atoms with van der Waals surface area (Å²) in [6, 6.07) is 10.3. The molecule has 0 heterocycles. The second-order valence-electron chi connectivity index (χ2n) is 8.73. The number of unbranched alkanes of at least 4 members (excludes halogenated alkanes) is 10. The van der Waals surface area contributed by atoms with E-state index >= 15 is 0 Å². The lowest BCUT2D eigenvalue weighted by molar-refractivity contribution is -0.147. The highest BCUT2D eigenvalue weighted by Gasteiger charge is 2.11. The maximum Gasteiger partial charge on any atom is 0.303 e. The van der Waals surface area contributed by atoms with E-state index in [0.717, 1.165) is 45.1 Å². The van der Waals surface area contributed by atoms with E-state index in [9.17, 15) is 9.59 Å². The van der Waals surface area contributed by atoms with Gasteiger partial charge in [-0.1, -0.05) is 81.7 Å².